The third-order valence-corrected chi connectivity index (χ3v) is 7.25. The lowest BCUT2D eigenvalue weighted by Crippen LogP contribution is -2.47. The molecule has 1 aliphatic heterocycles. The Kier molecular flexibility index (Phi) is 6.56. The fourth-order valence-corrected chi connectivity index (χ4v) is 4.87. The Morgan fingerprint density at radius 2 is 1.76 bits per heavy atom. The topological polar surface area (TPSA) is 91.0 Å². The van der Waals surface area contributed by atoms with Gasteiger partial charge in [0.25, 0.3) is 0 Å². The molecule has 0 atom stereocenters. The second-order valence-corrected chi connectivity index (χ2v) is 9.35. The number of aliphatic imine (C=N–C) groups is 1. The third-order valence-electron chi connectivity index (χ3n) is 5.25. The minimum atomic E-state index is -3.56. The molecular weight excluding hydrogens is 386 g/mol. The van der Waals surface area contributed by atoms with Crippen LogP contribution in [0.4, 0.5) is 5.69 Å². The molecule has 1 fully saturated rings. The zero-order valence-corrected chi connectivity index (χ0v) is 18.0. The van der Waals surface area contributed by atoms with Crippen molar-refractivity contribution in [1.29, 1.82) is 0 Å². The Morgan fingerprint density at radius 3 is 2.45 bits per heavy atom. The van der Waals surface area contributed by atoms with E-state index in [0.29, 0.717) is 23.5 Å². The predicted molar refractivity (Wildman–Crippen MR) is 118 cm³/mol. The quantitative estimate of drug-likeness (QED) is 0.577. The van der Waals surface area contributed by atoms with Crippen LogP contribution in [0.3, 0.4) is 0 Å². The predicted octanol–water partition coefficient (Wildman–Crippen LogP) is 2.17. The number of rotatable bonds is 5. The summed E-state index contributed by atoms with van der Waals surface area (Å²) < 4.78 is 27.8. The molecule has 2 aromatic carbocycles. The Bertz CT molecular complexity index is 996. The monoisotopic (exact) mass is 415 g/mol. The van der Waals surface area contributed by atoms with Gasteiger partial charge in [-0.1, -0.05) is 24.3 Å². The van der Waals surface area contributed by atoms with E-state index < -0.39 is 10.0 Å². The highest BCUT2D eigenvalue weighted by Gasteiger charge is 2.29. The summed E-state index contributed by atoms with van der Waals surface area (Å²) in [4.78, 5) is 6.79. The summed E-state index contributed by atoms with van der Waals surface area (Å²) in [5.41, 5.74) is 9.88. The molecule has 29 heavy (non-hydrogen) atoms. The molecule has 8 heteroatoms. The van der Waals surface area contributed by atoms with Gasteiger partial charge in [-0.2, -0.15) is 4.31 Å². The molecule has 0 saturated carbocycles. The van der Waals surface area contributed by atoms with Gasteiger partial charge in [0.1, 0.15) is 0 Å². The molecule has 0 bridgehead atoms. The maximum atomic E-state index is 13.1. The number of anilines is 1. The molecule has 0 spiro atoms. The van der Waals surface area contributed by atoms with Crippen LogP contribution in [-0.2, 0) is 16.6 Å². The van der Waals surface area contributed by atoms with Gasteiger partial charge in [0.05, 0.1) is 11.4 Å². The molecular formula is C21H29N5O2S. The van der Waals surface area contributed by atoms with E-state index in [4.69, 9.17) is 5.73 Å². The van der Waals surface area contributed by atoms with Gasteiger partial charge in [0.2, 0.25) is 10.0 Å². The molecule has 3 rings (SSSR count). The number of hydrogen-bond acceptors (Lipinski definition) is 4. The molecule has 1 saturated heterocycles. The van der Waals surface area contributed by atoms with Crippen LogP contribution >= 0.6 is 0 Å². The number of nitrogens with one attached hydrogen (secondary N) is 1. The molecule has 2 aromatic rings. The number of nitrogens with zero attached hydrogens (tertiary/aromatic N) is 3. The number of benzene rings is 2. The van der Waals surface area contributed by atoms with Gasteiger partial charge in [-0.15, -0.1) is 0 Å². The molecule has 0 aromatic heterocycles. The van der Waals surface area contributed by atoms with E-state index in [1.807, 2.05) is 45.2 Å². The van der Waals surface area contributed by atoms with Gasteiger partial charge in [-0.3, -0.25) is 0 Å². The second kappa shape index (κ2) is 8.94. The number of nitrogens with two attached hydrogens (primary N) is 1. The fraction of sp³-hybridized carbons (Fsp3) is 0.381. The summed E-state index contributed by atoms with van der Waals surface area (Å²) in [5, 5.41) is 3.07. The third kappa shape index (κ3) is 5.14. The first kappa shape index (κ1) is 21.3. The second-order valence-electron chi connectivity index (χ2n) is 7.44. The number of hydrogen-bond donors (Lipinski definition) is 2. The fourth-order valence-electron chi connectivity index (χ4n) is 3.23. The van der Waals surface area contributed by atoms with E-state index in [2.05, 4.69) is 15.2 Å². The van der Waals surface area contributed by atoms with Crippen molar-refractivity contribution in [3.63, 3.8) is 0 Å². The van der Waals surface area contributed by atoms with Gasteiger partial charge < -0.3 is 16.0 Å². The molecule has 156 valence electrons. The maximum absolute atomic E-state index is 13.1. The van der Waals surface area contributed by atoms with Gasteiger partial charge in [-0.05, 0) is 55.8 Å². The highest BCUT2D eigenvalue weighted by molar-refractivity contribution is 7.89. The summed E-state index contributed by atoms with van der Waals surface area (Å²) in [6, 6.07) is 13.0. The van der Waals surface area contributed by atoms with E-state index in [1.54, 1.807) is 22.5 Å². The zero-order chi connectivity index (χ0) is 21.0. The smallest absolute Gasteiger partial charge is 0.243 e. The largest absolute Gasteiger partial charge is 0.370 e. The Balaban J connectivity index is 1.76. The van der Waals surface area contributed by atoms with Gasteiger partial charge in [0.15, 0.2) is 5.96 Å². The van der Waals surface area contributed by atoms with E-state index in [0.717, 1.165) is 24.3 Å². The molecule has 1 heterocycles. The van der Waals surface area contributed by atoms with Crippen molar-refractivity contribution in [2.75, 3.05) is 38.5 Å². The lowest BCUT2D eigenvalue weighted by atomic mass is 10.1. The summed E-state index contributed by atoms with van der Waals surface area (Å²) >= 11 is 0. The minimum absolute atomic E-state index is 0.187. The van der Waals surface area contributed by atoms with Crippen molar-refractivity contribution in [1.82, 2.24) is 9.21 Å². The first-order valence-electron chi connectivity index (χ1n) is 9.68. The SMILES string of the molecule is Cc1ccc(NC(N)=NCc2ccccc2S(=O)(=O)N2CCN(C)CC2)cc1C. The number of aryl methyl sites for hydroxylation is 2. The van der Waals surface area contributed by atoms with Gasteiger partial charge in [-0.25, -0.2) is 13.4 Å². The van der Waals surface area contributed by atoms with Crippen molar-refractivity contribution in [3.05, 3.63) is 59.2 Å². The van der Waals surface area contributed by atoms with Crippen LogP contribution in [0.1, 0.15) is 16.7 Å². The van der Waals surface area contributed by atoms with Crippen LogP contribution in [0.25, 0.3) is 0 Å². The average molecular weight is 416 g/mol. The average Bonchev–Trinajstić information content (AvgIpc) is 2.70. The van der Waals surface area contributed by atoms with Crippen molar-refractivity contribution in [2.24, 2.45) is 10.7 Å². The van der Waals surface area contributed by atoms with E-state index in [1.165, 1.54) is 5.56 Å². The highest BCUT2D eigenvalue weighted by Crippen LogP contribution is 2.22. The van der Waals surface area contributed by atoms with Crippen LogP contribution < -0.4 is 11.1 Å². The van der Waals surface area contributed by atoms with Crippen molar-refractivity contribution in [2.45, 2.75) is 25.3 Å². The number of likely N-dealkylation sites (N-methyl/N-ethyl adjacent to an activating group) is 1. The number of guanidine groups is 1. The first-order valence-corrected chi connectivity index (χ1v) is 11.1. The molecule has 0 amide bonds. The maximum Gasteiger partial charge on any atom is 0.243 e. The Hall–Kier alpha value is -2.42. The van der Waals surface area contributed by atoms with Crippen molar-refractivity contribution < 1.29 is 8.42 Å². The van der Waals surface area contributed by atoms with Crippen LogP contribution in [0.15, 0.2) is 52.4 Å². The standard InChI is InChI=1S/C21H29N5O2S/c1-16-8-9-19(14-17(16)2)24-21(22)23-15-18-6-4-5-7-20(18)29(27,28)26-12-10-25(3)11-13-26/h4-9,14H,10-13,15H2,1-3H3,(H3,22,23,24). The molecule has 3 N–H and O–H groups in total. The Morgan fingerprint density at radius 1 is 1.07 bits per heavy atom. The molecule has 0 unspecified atom stereocenters. The zero-order valence-electron chi connectivity index (χ0n) is 17.2. The van der Waals surface area contributed by atoms with Crippen LogP contribution in [0.2, 0.25) is 0 Å². The molecule has 1 aliphatic rings. The van der Waals surface area contributed by atoms with E-state index in [9.17, 15) is 8.42 Å². The summed E-state index contributed by atoms with van der Waals surface area (Å²) in [7, 11) is -1.56. The molecule has 7 nitrogen and oxygen atoms in total. The van der Waals surface area contributed by atoms with Crippen molar-refractivity contribution in [3.8, 4) is 0 Å². The highest BCUT2D eigenvalue weighted by atomic mass is 32.2. The van der Waals surface area contributed by atoms with Crippen LogP contribution in [0, 0.1) is 13.8 Å². The number of piperazine rings is 1. The number of sulfonamides is 1. The normalized spacial score (nSPS) is 16.7. The van der Waals surface area contributed by atoms with Gasteiger partial charge in [0, 0.05) is 31.9 Å². The Labute approximate surface area is 173 Å². The minimum Gasteiger partial charge on any atom is -0.370 e. The molecule has 0 aliphatic carbocycles. The molecule has 0 radical (unpaired) electrons. The van der Waals surface area contributed by atoms with Crippen LogP contribution in [0.5, 0.6) is 0 Å². The summed E-state index contributed by atoms with van der Waals surface area (Å²) in [6.45, 7) is 6.72. The summed E-state index contributed by atoms with van der Waals surface area (Å²) in [5.74, 6) is 0.250. The van der Waals surface area contributed by atoms with Gasteiger partial charge >= 0.3 is 0 Å². The van der Waals surface area contributed by atoms with Crippen molar-refractivity contribution >= 4 is 21.7 Å². The van der Waals surface area contributed by atoms with E-state index in [-0.39, 0.29) is 12.5 Å². The lowest BCUT2D eigenvalue weighted by Gasteiger charge is -2.32. The summed E-state index contributed by atoms with van der Waals surface area (Å²) in [6.07, 6.45) is 0. The van der Waals surface area contributed by atoms with Crippen LogP contribution in [-0.4, -0.2) is 56.8 Å². The van der Waals surface area contributed by atoms with E-state index >= 15 is 0 Å². The lowest BCUT2D eigenvalue weighted by molar-refractivity contribution is 0.222. The first-order chi connectivity index (χ1) is 13.8.